The van der Waals surface area contributed by atoms with Crippen molar-refractivity contribution in [3.8, 4) is 5.75 Å². The SMILES string of the molecule is Cc1ccc(C(=O)N(C)C)cc1OCC(=O)N(C)Cc1ccccc1Br. The summed E-state index contributed by atoms with van der Waals surface area (Å²) in [4.78, 5) is 27.6. The average Bonchev–Trinajstić information content (AvgIpc) is 2.61. The van der Waals surface area contributed by atoms with Crippen LogP contribution < -0.4 is 4.74 Å². The predicted octanol–water partition coefficient (Wildman–Crippen LogP) is 3.50. The molecule has 138 valence electrons. The quantitative estimate of drug-likeness (QED) is 0.720. The number of benzene rings is 2. The maximum atomic E-state index is 12.4. The number of carbonyl (C=O) groups is 2. The van der Waals surface area contributed by atoms with Gasteiger partial charge >= 0.3 is 0 Å². The molecule has 0 atom stereocenters. The van der Waals surface area contributed by atoms with E-state index in [0.717, 1.165) is 15.6 Å². The zero-order valence-electron chi connectivity index (χ0n) is 15.5. The fourth-order valence-corrected chi connectivity index (χ4v) is 2.78. The lowest BCUT2D eigenvalue weighted by atomic mass is 10.1. The summed E-state index contributed by atoms with van der Waals surface area (Å²) >= 11 is 3.49. The van der Waals surface area contributed by atoms with E-state index in [1.807, 2.05) is 37.3 Å². The van der Waals surface area contributed by atoms with E-state index in [2.05, 4.69) is 15.9 Å². The van der Waals surface area contributed by atoms with Gasteiger partial charge in [-0.25, -0.2) is 0 Å². The van der Waals surface area contributed by atoms with Crippen molar-refractivity contribution in [3.63, 3.8) is 0 Å². The Hall–Kier alpha value is -2.34. The highest BCUT2D eigenvalue weighted by atomic mass is 79.9. The third-order valence-corrected chi connectivity index (χ3v) is 4.76. The van der Waals surface area contributed by atoms with Crippen LogP contribution in [0, 0.1) is 6.92 Å². The molecule has 2 aromatic rings. The van der Waals surface area contributed by atoms with Gasteiger partial charge in [-0.1, -0.05) is 40.2 Å². The topological polar surface area (TPSA) is 49.9 Å². The van der Waals surface area contributed by atoms with Crippen LogP contribution in [0.1, 0.15) is 21.5 Å². The number of hydrogen-bond acceptors (Lipinski definition) is 3. The van der Waals surface area contributed by atoms with E-state index < -0.39 is 0 Å². The first-order valence-electron chi connectivity index (χ1n) is 8.22. The third-order valence-electron chi connectivity index (χ3n) is 3.98. The number of ether oxygens (including phenoxy) is 1. The molecule has 0 radical (unpaired) electrons. The van der Waals surface area contributed by atoms with Gasteiger partial charge in [-0.15, -0.1) is 0 Å². The Morgan fingerprint density at radius 1 is 1.08 bits per heavy atom. The lowest BCUT2D eigenvalue weighted by Gasteiger charge is -2.19. The van der Waals surface area contributed by atoms with Gasteiger partial charge in [0, 0.05) is 37.7 Å². The maximum Gasteiger partial charge on any atom is 0.260 e. The van der Waals surface area contributed by atoms with Gasteiger partial charge in [0.25, 0.3) is 11.8 Å². The van der Waals surface area contributed by atoms with Crippen LogP contribution in [0.4, 0.5) is 0 Å². The molecule has 0 aliphatic rings. The Bertz CT molecular complexity index is 805. The lowest BCUT2D eigenvalue weighted by Crippen LogP contribution is -2.31. The van der Waals surface area contributed by atoms with E-state index in [0.29, 0.717) is 17.9 Å². The number of rotatable bonds is 6. The van der Waals surface area contributed by atoms with Crippen molar-refractivity contribution in [2.45, 2.75) is 13.5 Å². The first kappa shape index (κ1) is 20.0. The monoisotopic (exact) mass is 418 g/mol. The van der Waals surface area contributed by atoms with E-state index in [1.54, 1.807) is 38.2 Å². The van der Waals surface area contributed by atoms with Crippen LogP contribution in [-0.2, 0) is 11.3 Å². The molecule has 2 amide bonds. The first-order valence-corrected chi connectivity index (χ1v) is 9.01. The van der Waals surface area contributed by atoms with Crippen molar-refractivity contribution in [1.82, 2.24) is 9.80 Å². The molecular formula is C20H23BrN2O3. The van der Waals surface area contributed by atoms with Gasteiger partial charge in [0.15, 0.2) is 6.61 Å². The minimum atomic E-state index is -0.135. The lowest BCUT2D eigenvalue weighted by molar-refractivity contribution is -0.132. The zero-order valence-corrected chi connectivity index (χ0v) is 17.0. The van der Waals surface area contributed by atoms with Crippen molar-refractivity contribution < 1.29 is 14.3 Å². The highest BCUT2D eigenvalue weighted by Crippen LogP contribution is 2.21. The standard InChI is InChI=1S/C20H23BrN2O3/c1-14-9-10-15(20(25)22(2)3)11-18(14)26-13-19(24)23(4)12-16-7-5-6-8-17(16)21/h5-11H,12-13H2,1-4H3. The number of amides is 2. The molecule has 0 heterocycles. The molecule has 6 heteroatoms. The molecule has 0 saturated heterocycles. The summed E-state index contributed by atoms with van der Waals surface area (Å²) in [6.45, 7) is 2.29. The van der Waals surface area contributed by atoms with Crippen LogP contribution in [0.3, 0.4) is 0 Å². The van der Waals surface area contributed by atoms with E-state index in [4.69, 9.17) is 4.74 Å². The summed E-state index contributed by atoms with van der Waals surface area (Å²) in [6, 6.07) is 13.0. The van der Waals surface area contributed by atoms with Crippen LogP contribution in [0.5, 0.6) is 5.75 Å². The van der Waals surface area contributed by atoms with Crippen LogP contribution in [0.25, 0.3) is 0 Å². The molecule has 2 rings (SSSR count). The van der Waals surface area contributed by atoms with Gasteiger partial charge in [-0.3, -0.25) is 9.59 Å². The van der Waals surface area contributed by atoms with Crippen molar-refractivity contribution in [3.05, 3.63) is 63.6 Å². The van der Waals surface area contributed by atoms with E-state index in [1.165, 1.54) is 4.90 Å². The number of aryl methyl sites for hydroxylation is 1. The summed E-state index contributed by atoms with van der Waals surface area (Å²) in [6.07, 6.45) is 0. The highest BCUT2D eigenvalue weighted by molar-refractivity contribution is 9.10. The molecule has 0 aliphatic carbocycles. The van der Waals surface area contributed by atoms with Crippen LogP contribution in [0.2, 0.25) is 0 Å². The molecule has 0 unspecified atom stereocenters. The second-order valence-corrected chi connectivity index (χ2v) is 7.16. The van der Waals surface area contributed by atoms with Crippen molar-refractivity contribution in [1.29, 1.82) is 0 Å². The Morgan fingerprint density at radius 3 is 2.42 bits per heavy atom. The molecule has 2 aromatic carbocycles. The normalized spacial score (nSPS) is 10.3. The Balaban J connectivity index is 2.01. The minimum Gasteiger partial charge on any atom is -0.483 e. The first-order chi connectivity index (χ1) is 12.3. The van der Waals surface area contributed by atoms with Gasteiger partial charge in [-0.2, -0.15) is 0 Å². The smallest absolute Gasteiger partial charge is 0.260 e. The number of hydrogen-bond donors (Lipinski definition) is 0. The van der Waals surface area contributed by atoms with Gasteiger partial charge < -0.3 is 14.5 Å². The Labute approximate surface area is 162 Å². The molecular weight excluding hydrogens is 396 g/mol. The van der Waals surface area contributed by atoms with Crippen LogP contribution in [0.15, 0.2) is 46.9 Å². The van der Waals surface area contributed by atoms with Crippen LogP contribution >= 0.6 is 15.9 Å². The largest absolute Gasteiger partial charge is 0.483 e. The predicted molar refractivity (Wildman–Crippen MR) is 105 cm³/mol. The fraction of sp³-hybridized carbons (Fsp3) is 0.300. The summed E-state index contributed by atoms with van der Waals surface area (Å²) in [5, 5.41) is 0. The van der Waals surface area contributed by atoms with E-state index in [-0.39, 0.29) is 18.4 Å². The highest BCUT2D eigenvalue weighted by Gasteiger charge is 2.14. The number of nitrogens with zero attached hydrogens (tertiary/aromatic N) is 2. The molecule has 26 heavy (non-hydrogen) atoms. The molecule has 0 saturated carbocycles. The average molecular weight is 419 g/mol. The Kier molecular flexibility index (Phi) is 6.80. The van der Waals surface area contributed by atoms with E-state index >= 15 is 0 Å². The van der Waals surface area contributed by atoms with Gasteiger partial charge in [0.1, 0.15) is 5.75 Å². The van der Waals surface area contributed by atoms with Gasteiger partial charge in [0.2, 0.25) is 0 Å². The molecule has 5 nitrogen and oxygen atoms in total. The van der Waals surface area contributed by atoms with Crippen molar-refractivity contribution >= 4 is 27.7 Å². The number of carbonyl (C=O) groups excluding carboxylic acids is 2. The summed E-state index contributed by atoms with van der Waals surface area (Å²) in [5.74, 6) is 0.303. The van der Waals surface area contributed by atoms with Crippen molar-refractivity contribution in [2.75, 3.05) is 27.7 Å². The second kappa shape index (κ2) is 8.85. The summed E-state index contributed by atoms with van der Waals surface area (Å²) in [7, 11) is 5.13. The van der Waals surface area contributed by atoms with Gasteiger partial charge in [-0.05, 0) is 36.2 Å². The molecule has 0 bridgehead atoms. The molecule has 0 aromatic heterocycles. The number of halogens is 1. The molecule has 0 aliphatic heterocycles. The van der Waals surface area contributed by atoms with Crippen LogP contribution in [-0.4, -0.2) is 49.4 Å². The second-order valence-electron chi connectivity index (χ2n) is 6.31. The fourth-order valence-electron chi connectivity index (χ4n) is 2.37. The molecule has 0 fully saturated rings. The third kappa shape index (κ3) is 5.08. The minimum absolute atomic E-state index is 0.0819. The van der Waals surface area contributed by atoms with E-state index in [9.17, 15) is 9.59 Å². The maximum absolute atomic E-state index is 12.4. The zero-order chi connectivity index (χ0) is 19.3. The Morgan fingerprint density at radius 2 is 1.77 bits per heavy atom. The summed E-state index contributed by atoms with van der Waals surface area (Å²) in [5.41, 5.74) is 2.43. The molecule has 0 N–H and O–H groups in total. The number of likely N-dealkylation sites (N-methyl/N-ethyl adjacent to an activating group) is 1. The van der Waals surface area contributed by atoms with Crippen molar-refractivity contribution in [2.24, 2.45) is 0 Å². The van der Waals surface area contributed by atoms with Gasteiger partial charge in [0.05, 0.1) is 0 Å². The summed E-state index contributed by atoms with van der Waals surface area (Å²) < 4.78 is 6.65. The molecule has 0 spiro atoms.